The van der Waals surface area contributed by atoms with E-state index >= 15 is 0 Å². The van der Waals surface area contributed by atoms with Crippen LogP contribution >= 0.6 is 0 Å². The van der Waals surface area contributed by atoms with Crippen molar-refractivity contribution in [1.29, 1.82) is 0 Å². The Labute approximate surface area is 45.3 Å². The summed E-state index contributed by atoms with van der Waals surface area (Å²) in [5.41, 5.74) is 1.02. The van der Waals surface area contributed by atoms with Crippen molar-refractivity contribution in [3.05, 3.63) is 35.9 Å². The summed E-state index contributed by atoms with van der Waals surface area (Å²) in [5.74, 6) is 0. The summed E-state index contributed by atoms with van der Waals surface area (Å²) in [4.78, 5) is 0. The lowest BCUT2D eigenvalue weighted by Crippen LogP contribution is -1.57. The van der Waals surface area contributed by atoms with Gasteiger partial charge < -0.3 is 0 Å². The highest BCUT2D eigenvalue weighted by Crippen LogP contribution is 2.04. The molecule has 0 N–H and O–H groups in total. The number of rotatable bonds is 0. The number of hydrogen-bond acceptors (Lipinski definition) is 0. The van der Waals surface area contributed by atoms with Crippen LogP contribution in [-0.2, 0) is 0 Å². The van der Waals surface area contributed by atoms with E-state index in [0.29, 0.717) is 6.05 Å². The monoisotopic (exact) mass is 94.1 g/mol. The average molecular weight is 94.1 g/mol. The van der Waals surface area contributed by atoms with Crippen LogP contribution in [0, 0.1) is 0 Å². The first kappa shape index (κ1) is 3.25. The third-order valence-electron chi connectivity index (χ3n) is 0.951. The molecule has 1 aliphatic rings. The minimum Gasteiger partial charge on any atom is -0.0804 e. The van der Waals surface area contributed by atoms with Crippen molar-refractivity contribution in [3.63, 3.8) is 0 Å². The van der Waals surface area contributed by atoms with E-state index in [1.165, 1.54) is 0 Å². The van der Waals surface area contributed by atoms with Gasteiger partial charge in [-0.25, -0.2) is 0 Å². The topological polar surface area (TPSA) is 0 Å². The molecule has 0 aromatic carbocycles. The molecular weight excluding hydrogens is 84.1 g/mol. The van der Waals surface area contributed by atoms with Gasteiger partial charge in [0.2, 0.25) is 0 Å². The van der Waals surface area contributed by atoms with Crippen molar-refractivity contribution in [1.82, 2.24) is 0 Å². The lowest BCUT2D eigenvalue weighted by atomic mass is 10.3. The standard InChI is InChI=1S/C7H8/c1-2-7-5-3-4-6-7/h2-6H,1H3/i2T. The Morgan fingerprint density at radius 3 is 2.43 bits per heavy atom. The van der Waals surface area contributed by atoms with Crippen LogP contribution < -0.4 is 0 Å². The second kappa shape index (κ2) is 1.78. The molecule has 0 bridgehead atoms. The third kappa shape index (κ3) is 0.801. The van der Waals surface area contributed by atoms with Crippen molar-refractivity contribution >= 4 is 0 Å². The van der Waals surface area contributed by atoms with Gasteiger partial charge in [0.25, 0.3) is 0 Å². The molecular formula is C7H8. The number of hydrogen-bond donors (Lipinski definition) is 0. The normalized spacial score (nSPS) is 17.9. The Hall–Kier alpha value is -0.780. The summed E-state index contributed by atoms with van der Waals surface area (Å²) in [5, 5.41) is 0. The molecule has 36 valence electrons. The van der Waals surface area contributed by atoms with Crippen molar-refractivity contribution in [2.75, 3.05) is 0 Å². The van der Waals surface area contributed by atoms with Gasteiger partial charge in [-0.2, -0.15) is 0 Å². The Kier molecular flexibility index (Phi) is 0.828. The van der Waals surface area contributed by atoms with Crippen LogP contribution in [0.25, 0.3) is 0 Å². The zero-order valence-corrected chi connectivity index (χ0v) is 4.31. The first-order valence-electron chi connectivity index (χ1n) is 2.83. The minimum absolute atomic E-state index is 0.634. The first-order valence-corrected chi connectivity index (χ1v) is 2.33. The summed E-state index contributed by atoms with van der Waals surface area (Å²) >= 11 is 0. The summed E-state index contributed by atoms with van der Waals surface area (Å²) in [6.45, 7) is 1.79. The van der Waals surface area contributed by atoms with Crippen molar-refractivity contribution in [3.8, 4) is 0 Å². The highest BCUT2D eigenvalue weighted by atomic mass is 13.9. The van der Waals surface area contributed by atoms with Gasteiger partial charge in [0.05, 0.1) is 1.37 Å². The van der Waals surface area contributed by atoms with E-state index in [2.05, 4.69) is 0 Å². The van der Waals surface area contributed by atoms with Crippen LogP contribution in [0.1, 0.15) is 8.29 Å². The zero-order valence-electron chi connectivity index (χ0n) is 5.31. The van der Waals surface area contributed by atoms with Crippen LogP contribution in [0.5, 0.6) is 0 Å². The zero-order chi connectivity index (χ0) is 5.98. The molecule has 0 amide bonds. The van der Waals surface area contributed by atoms with Crippen LogP contribution in [0.15, 0.2) is 35.9 Å². The molecule has 0 spiro atoms. The fourth-order valence-corrected chi connectivity index (χ4v) is 0.541. The van der Waals surface area contributed by atoms with Gasteiger partial charge in [-0.3, -0.25) is 0 Å². The summed E-state index contributed by atoms with van der Waals surface area (Å²) in [6.07, 6.45) is 7.74. The predicted octanol–water partition coefficient (Wildman–Crippen LogP) is 2.06. The Bertz CT molecular complexity index is 155. The van der Waals surface area contributed by atoms with Gasteiger partial charge in [0, 0.05) is 0 Å². The molecule has 0 unspecified atom stereocenters. The van der Waals surface area contributed by atoms with E-state index in [0.717, 1.165) is 5.57 Å². The van der Waals surface area contributed by atoms with Crippen molar-refractivity contribution in [2.24, 2.45) is 0 Å². The lowest BCUT2D eigenvalue weighted by Gasteiger charge is -1.78. The van der Waals surface area contributed by atoms with Gasteiger partial charge in [0.1, 0.15) is 0 Å². The third-order valence-corrected chi connectivity index (χ3v) is 0.951. The number of allylic oxidation sites excluding steroid dienone is 6. The van der Waals surface area contributed by atoms with E-state index in [9.17, 15) is 0 Å². The molecule has 0 aromatic rings. The maximum Gasteiger partial charge on any atom is 0.0579 e. The van der Waals surface area contributed by atoms with Gasteiger partial charge in [0.15, 0.2) is 0 Å². The molecule has 0 aromatic heterocycles. The van der Waals surface area contributed by atoms with E-state index in [4.69, 9.17) is 1.37 Å². The second-order valence-electron chi connectivity index (χ2n) is 1.42. The Balaban J connectivity index is 2.90. The highest BCUT2D eigenvalue weighted by Gasteiger charge is 1.84. The van der Waals surface area contributed by atoms with Gasteiger partial charge in [-0.05, 0) is 12.5 Å². The molecule has 0 nitrogen and oxygen atoms in total. The molecule has 0 saturated heterocycles. The molecule has 1 rings (SSSR count). The van der Waals surface area contributed by atoms with Gasteiger partial charge >= 0.3 is 0 Å². The SMILES string of the molecule is [3H]C(C)=C1C=CC=C1. The van der Waals surface area contributed by atoms with Gasteiger partial charge in [-0.1, -0.05) is 30.4 Å². The van der Waals surface area contributed by atoms with Crippen LogP contribution in [0.4, 0.5) is 0 Å². The molecule has 0 fully saturated rings. The van der Waals surface area contributed by atoms with E-state index in [1.54, 1.807) is 6.92 Å². The van der Waals surface area contributed by atoms with Gasteiger partial charge in [-0.15, -0.1) is 0 Å². The maximum atomic E-state index is 7.15. The van der Waals surface area contributed by atoms with E-state index in [1.807, 2.05) is 24.3 Å². The molecule has 0 saturated carbocycles. The van der Waals surface area contributed by atoms with Crippen molar-refractivity contribution < 1.29 is 1.37 Å². The average Bonchev–Trinajstić information content (AvgIpc) is 2.12. The summed E-state index contributed by atoms with van der Waals surface area (Å²) in [7, 11) is 0. The first-order chi connectivity index (χ1) is 3.80. The molecule has 0 heterocycles. The van der Waals surface area contributed by atoms with Crippen LogP contribution in [-0.4, -0.2) is 0 Å². The molecule has 0 radical (unpaired) electrons. The maximum absolute atomic E-state index is 7.15. The molecule has 7 heavy (non-hydrogen) atoms. The molecule has 1 aliphatic carbocycles. The lowest BCUT2D eigenvalue weighted by molar-refractivity contribution is 1.64. The van der Waals surface area contributed by atoms with Crippen LogP contribution in [0.2, 0.25) is 0 Å². The fourth-order valence-electron chi connectivity index (χ4n) is 0.541. The Morgan fingerprint density at radius 1 is 1.57 bits per heavy atom. The highest BCUT2D eigenvalue weighted by molar-refractivity contribution is 5.39. The summed E-state index contributed by atoms with van der Waals surface area (Å²) < 4.78 is 7.15. The van der Waals surface area contributed by atoms with Crippen molar-refractivity contribution in [2.45, 2.75) is 6.92 Å². The second-order valence-corrected chi connectivity index (χ2v) is 1.42. The largest absolute Gasteiger partial charge is 0.0804 e. The Morgan fingerprint density at radius 2 is 2.14 bits per heavy atom. The van der Waals surface area contributed by atoms with E-state index < -0.39 is 0 Å². The van der Waals surface area contributed by atoms with Crippen LogP contribution in [0.3, 0.4) is 0 Å². The molecule has 0 heteroatoms. The smallest absolute Gasteiger partial charge is 0.0579 e. The minimum atomic E-state index is 0.634. The molecule has 0 aliphatic heterocycles. The predicted molar refractivity (Wildman–Crippen MR) is 32.0 cm³/mol. The van der Waals surface area contributed by atoms with E-state index in [-0.39, 0.29) is 0 Å². The quantitative estimate of drug-likeness (QED) is 0.431. The summed E-state index contributed by atoms with van der Waals surface area (Å²) in [6, 6.07) is 0.634. The molecule has 0 atom stereocenters. The fraction of sp³-hybridized carbons (Fsp3) is 0.143.